The maximum Gasteiger partial charge on any atom is 0.361 e. The lowest BCUT2D eigenvalue weighted by Crippen LogP contribution is -2.25. The van der Waals surface area contributed by atoms with E-state index in [-0.39, 0.29) is 35.4 Å². The average Bonchev–Trinajstić information content (AvgIpc) is 3.22. The summed E-state index contributed by atoms with van der Waals surface area (Å²) in [5.41, 5.74) is 5.63. The van der Waals surface area contributed by atoms with Gasteiger partial charge in [-0.15, -0.1) is 0 Å². The molecule has 0 amide bonds. The van der Waals surface area contributed by atoms with Gasteiger partial charge in [0.05, 0.1) is 18.5 Å². The van der Waals surface area contributed by atoms with Crippen LogP contribution in [0.25, 0.3) is 5.82 Å². The molecule has 0 atom stereocenters. The van der Waals surface area contributed by atoms with Crippen molar-refractivity contribution in [3.05, 3.63) is 34.6 Å². The Hall–Kier alpha value is -2.64. The van der Waals surface area contributed by atoms with Crippen molar-refractivity contribution < 1.29 is 9.53 Å². The number of ether oxygens (including phenoxy) is 1. The monoisotopic (exact) mass is 289 g/mol. The van der Waals surface area contributed by atoms with Crippen LogP contribution < -0.4 is 11.3 Å². The van der Waals surface area contributed by atoms with Crippen molar-refractivity contribution in [2.24, 2.45) is 0 Å². The predicted octanol–water partition coefficient (Wildman–Crippen LogP) is 0.523. The molecule has 8 nitrogen and oxygen atoms in total. The first-order valence-corrected chi connectivity index (χ1v) is 6.71. The molecule has 0 unspecified atom stereocenters. The molecule has 2 aromatic rings. The Kier molecular flexibility index (Phi) is 3.20. The molecule has 1 aliphatic rings. The van der Waals surface area contributed by atoms with Crippen LogP contribution in [0.5, 0.6) is 0 Å². The van der Waals surface area contributed by atoms with Gasteiger partial charge in [0.15, 0.2) is 5.69 Å². The van der Waals surface area contributed by atoms with Gasteiger partial charge >= 0.3 is 5.97 Å². The largest absolute Gasteiger partial charge is 0.461 e. The van der Waals surface area contributed by atoms with Crippen LogP contribution in [-0.4, -0.2) is 31.9 Å². The van der Waals surface area contributed by atoms with Crippen molar-refractivity contribution in [1.29, 1.82) is 0 Å². The van der Waals surface area contributed by atoms with Crippen LogP contribution in [-0.2, 0) is 4.74 Å². The van der Waals surface area contributed by atoms with E-state index in [2.05, 4.69) is 10.1 Å². The summed E-state index contributed by atoms with van der Waals surface area (Å²) in [7, 11) is 0. The molecule has 0 bridgehead atoms. The molecule has 0 saturated heterocycles. The van der Waals surface area contributed by atoms with Gasteiger partial charge in [-0.3, -0.25) is 4.79 Å². The molecule has 0 aliphatic heterocycles. The number of esters is 1. The summed E-state index contributed by atoms with van der Waals surface area (Å²) < 4.78 is 7.72. The quantitative estimate of drug-likeness (QED) is 0.823. The fourth-order valence-electron chi connectivity index (χ4n) is 2.07. The Balaban J connectivity index is 2.02. The number of carbonyl (C=O) groups excluding carboxylic acids is 1. The second kappa shape index (κ2) is 5.04. The SMILES string of the molecule is CCOC(=O)c1nn(-c2nccn(C3CC3)c2=O)cc1N. The fourth-order valence-corrected chi connectivity index (χ4v) is 2.07. The van der Waals surface area contributed by atoms with Crippen molar-refractivity contribution in [1.82, 2.24) is 19.3 Å². The van der Waals surface area contributed by atoms with E-state index in [4.69, 9.17) is 10.5 Å². The van der Waals surface area contributed by atoms with Crippen LogP contribution in [0.2, 0.25) is 0 Å². The Labute approximate surface area is 120 Å². The summed E-state index contributed by atoms with van der Waals surface area (Å²) in [4.78, 5) is 28.1. The number of anilines is 1. The number of rotatable bonds is 4. The van der Waals surface area contributed by atoms with Gasteiger partial charge in [-0.05, 0) is 19.8 Å². The van der Waals surface area contributed by atoms with E-state index in [0.29, 0.717) is 0 Å². The van der Waals surface area contributed by atoms with Gasteiger partial charge in [-0.2, -0.15) is 5.10 Å². The molecule has 2 heterocycles. The lowest BCUT2D eigenvalue weighted by Gasteiger charge is -2.05. The summed E-state index contributed by atoms with van der Waals surface area (Å²) in [6.45, 7) is 1.92. The van der Waals surface area contributed by atoms with E-state index >= 15 is 0 Å². The first kappa shape index (κ1) is 13.3. The molecule has 1 saturated carbocycles. The third-order valence-corrected chi connectivity index (χ3v) is 3.22. The topological polar surface area (TPSA) is 105 Å². The number of hydrogen-bond acceptors (Lipinski definition) is 6. The predicted molar refractivity (Wildman–Crippen MR) is 74.3 cm³/mol. The first-order chi connectivity index (χ1) is 10.1. The van der Waals surface area contributed by atoms with E-state index in [9.17, 15) is 9.59 Å². The molecular weight excluding hydrogens is 274 g/mol. The van der Waals surface area contributed by atoms with E-state index in [1.54, 1.807) is 17.7 Å². The highest BCUT2D eigenvalue weighted by molar-refractivity contribution is 5.92. The van der Waals surface area contributed by atoms with Crippen LogP contribution in [0.15, 0.2) is 23.4 Å². The minimum absolute atomic E-state index is 0.0140. The van der Waals surface area contributed by atoms with Gasteiger partial charge in [0, 0.05) is 18.4 Å². The number of nitrogens with zero attached hydrogens (tertiary/aromatic N) is 4. The molecule has 0 spiro atoms. The Morgan fingerprint density at radius 3 is 2.95 bits per heavy atom. The van der Waals surface area contributed by atoms with Gasteiger partial charge < -0.3 is 15.0 Å². The average molecular weight is 289 g/mol. The van der Waals surface area contributed by atoms with Crippen molar-refractivity contribution in [2.45, 2.75) is 25.8 Å². The van der Waals surface area contributed by atoms with Gasteiger partial charge in [-0.1, -0.05) is 0 Å². The summed E-state index contributed by atoms with van der Waals surface area (Å²) in [5, 5.41) is 4.02. The summed E-state index contributed by atoms with van der Waals surface area (Å²) in [5.74, 6) is -0.501. The highest BCUT2D eigenvalue weighted by atomic mass is 16.5. The molecule has 1 aliphatic carbocycles. The summed E-state index contributed by atoms with van der Waals surface area (Å²) in [6.07, 6.45) is 6.56. The second-order valence-electron chi connectivity index (χ2n) is 4.79. The molecule has 8 heteroatoms. The van der Waals surface area contributed by atoms with Crippen molar-refractivity contribution in [3.8, 4) is 5.82 Å². The van der Waals surface area contributed by atoms with Crippen molar-refractivity contribution >= 4 is 11.7 Å². The number of nitrogens with two attached hydrogens (primary N) is 1. The van der Waals surface area contributed by atoms with Crippen molar-refractivity contribution in [2.75, 3.05) is 12.3 Å². The van der Waals surface area contributed by atoms with Crippen molar-refractivity contribution in [3.63, 3.8) is 0 Å². The van der Waals surface area contributed by atoms with Crippen LogP contribution in [0.4, 0.5) is 5.69 Å². The normalized spacial score (nSPS) is 14.1. The van der Waals surface area contributed by atoms with Gasteiger partial charge in [0.25, 0.3) is 5.56 Å². The number of nitrogen functional groups attached to an aromatic ring is 1. The van der Waals surface area contributed by atoms with Crippen LogP contribution in [0.3, 0.4) is 0 Å². The van der Waals surface area contributed by atoms with Crippen LogP contribution in [0.1, 0.15) is 36.3 Å². The zero-order chi connectivity index (χ0) is 15.0. The van der Waals surface area contributed by atoms with Gasteiger partial charge in [0.1, 0.15) is 0 Å². The Morgan fingerprint density at radius 1 is 1.52 bits per heavy atom. The van der Waals surface area contributed by atoms with E-state index < -0.39 is 5.97 Å². The van der Waals surface area contributed by atoms with E-state index in [1.807, 2.05) is 0 Å². The highest BCUT2D eigenvalue weighted by Gasteiger charge is 2.26. The van der Waals surface area contributed by atoms with Gasteiger partial charge in [0.2, 0.25) is 5.82 Å². The zero-order valence-corrected chi connectivity index (χ0v) is 11.5. The lowest BCUT2D eigenvalue weighted by atomic mass is 10.4. The molecule has 0 aromatic carbocycles. The van der Waals surface area contributed by atoms with E-state index in [0.717, 1.165) is 12.8 Å². The van der Waals surface area contributed by atoms with E-state index in [1.165, 1.54) is 17.1 Å². The second-order valence-corrected chi connectivity index (χ2v) is 4.79. The lowest BCUT2D eigenvalue weighted by molar-refractivity contribution is 0.0520. The van der Waals surface area contributed by atoms with Crippen LogP contribution in [0, 0.1) is 0 Å². The number of carbonyl (C=O) groups is 1. The standard InChI is InChI=1S/C13H15N5O3/c1-2-21-13(20)10-9(14)7-18(16-10)11-12(19)17(6-5-15-11)8-3-4-8/h5-8H,2-4,14H2,1H3. The third kappa shape index (κ3) is 2.39. The minimum atomic E-state index is -0.618. The first-order valence-electron chi connectivity index (χ1n) is 6.71. The molecule has 1 fully saturated rings. The smallest absolute Gasteiger partial charge is 0.361 e. The van der Waals surface area contributed by atoms with Gasteiger partial charge in [-0.25, -0.2) is 14.5 Å². The molecule has 2 N–H and O–H groups in total. The molecule has 3 rings (SSSR count). The Bertz CT molecular complexity index is 745. The van der Waals surface area contributed by atoms with Crippen LogP contribution >= 0.6 is 0 Å². The molecule has 21 heavy (non-hydrogen) atoms. The third-order valence-electron chi connectivity index (χ3n) is 3.22. The molecule has 0 radical (unpaired) electrons. The zero-order valence-electron chi connectivity index (χ0n) is 11.5. The maximum absolute atomic E-state index is 12.3. The molecule has 2 aromatic heterocycles. The molecule has 110 valence electrons. The number of aromatic nitrogens is 4. The highest BCUT2D eigenvalue weighted by Crippen LogP contribution is 2.33. The maximum atomic E-state index is 12.3. The summed E-state index contributed by atoms with van der Waals surface area (Å²) >= 11 is 0. The number of hydrogen-bond donors (Lipinski definition) is 1. The molecular formula is C13H15N5O3. The Morgan fingerprint density at radius 2 is 2.29 bits per heavy atom. The summed E-state index contributed by atoms with van der Waals surface area (Å²) in [6, 6.07) is 0.233. The minimum Gasteiger partial charge on any atom is -0.461 e. The fraction of sp³-hybridized carbons (Fsp3) is 0.385.